The predicted octanol–water partition coefficient (Wildman–Crippen LogP) is 2.04. The number of non-ortho nitro benzene ring substituents is 1. The first-order valence-electron chi connectivity index (χ1n) is 4.69. The molecule has 0 aliphatic heterocycles. The van der Waals surface area contributed by atoms with Crippen molar-refractivity contribution >= 4 is 23.1 Å². The van der Waals surface area contributed by atoms with Crippen LogP contribution in [-0.4, -0.2) is 21.4 Å². The van der Waals surface area contributed by atoms with Crippen LogP contribution in [0.2, 0.25) is 0 Å². The van der Waals surface area contributed by atoms with Crippen LogP contribution in [0, 0.1) is 10.1 Å². The minimum Gasteiger partial charge on any atom is -0.398 e. The zero-order valence-corrected chi connectivity index (χ0v) is 9.95. The number of nitro benzene ring substituents is 1. The molecule has 0 aliphatic carbocycles. The van der Waals surface area contributed by atoms with E-state index in [-0.39, 0.29) is 5.69 Å². The van der Waals surface area contributed by atoms with E-state index < -0.39 is 10.5 Å². The molecular weight excluding hydrogens is 228 g/mol. The van der Waals surface area contributed by atoms with Crippen LogP contribution in [0.4, 0.5) is 11.4 Å². The predicted molar refractivity (Wildman–Crippen MR) is 64.5 cm³/mol. The lowest BCUT2D eigenvalue weighted by atomic mass is 10.2. The summed E-state index contributed by atoms with van der Waals surface area (Å²) >= 11 is 1.38. The van der Waals surface area contributed by atoms with Gasteiger partial charge in [-0.15, -0.1) is 11.8 Å². The quantitative estimate of drug-likeness (QED) is 0.365. The average Bonchev–Trinajstić information content (AvgIpc) is 2.14. The second-order valence-corrected chi connectivity index (χ2v) is 5.10. The Hall–Kier alpha value is -1.27. The average molecular weight is 242 g/mol. The standard InChI is InChI=1S/C10H14N2O3S/c1-10(2,13)6-16-9-4-3-7(12(14)15)5-8(9)11/h3-5,13H,6,11H2,1-2H3. The molecule has 6 heteroatoms. The fourth-order valence-electron chi connectivity index (χ4n) is 1.04. The van der Waals surface area contributed by atoms with Gasteiger partial charge >= 0.3 is 0 Å². The van der Waals surface area contributed by atoms with E-state index in [0.717, 1.165) is 4.90 Å². The summed E-state index contributed by atoms with van der Waals surface area (Å²) in [6, 6.07) is 4.33. The second kappa shape index (κ2) is 4.71. The van der Waals surface area contributed by atoms with E-state index in [1.54, 1.807) is 19.9 Å². The number of anilines is 1. The van der Waals surface area contributed by atoms with Gasteiger partial charge in [0.1, 0.15) is 0 Å². The largest absolute Gasteiger partial charge is 0.398 e. The van der Waals surface area contributed by atoms with Crippen molar-refractivity contribution < 1.29 is 10.0 Å². The number of benzene rings is 1. The molecule has 0 bridgehead atoms. The monoisotopic (exact) mass is 242 g/mol. The van der Waals surface area contributed by atoms with Gasteiger partial charge in [0.05, 0.1) is 16.2 Å². The fraction of sp³-hybridized carbons (Fsp3) is 0.400. The minimum atomic E-state index is -0.793. The van der Waals surface area contributed by atoms with Gasteiger partial charge in [0.25, 0.3) is 5.69 Å². The zero-order chi connectivity index (χ0) is 12.3. The smallest absolute Gasteiger partial charge is 0.271 e. The number of hydrogen-bond donors (Lipinski definition) is 2. The number of rotatable bonds is 4. The Morgan fingerprint density at radius 1 is 1.56 bits per heavy atom. The summed E-state index contributed by atoms with van der Waals surface area (Å²) in [4.78, 5) is 10.7. The Bertz CT molecular complexity index is 402. The molecule has 0 spiro atoms. The number of thioether (sulfide) groups is 1. The fourth-order valence-corrected chi connectivity index (χ4v) is 1.93. The van der Waals surface area contributed by atoms with E-state index in [1.807, 2.05) is 0 Å². The molecule has 1 aromatic carbocycles. The Morgan fingerprint density at radius 2 is 2.19 bits per heavy atom. The molecule has 1 aromatic rings. The molecule has 0 heterocycles. The van der Waals surface area contributed by atoms with E-state index in [1.165, 1.54) is 23.9 Å². The summed E-state index contributed by atoms with van der Waals surface area (Å²) in [5.74, 6) is 0.481. The first-order valence-corrected chi connectivity index (χ1v) is 5.67. The van der Waals surface area contributed by atoms with Crippen molar-refractivity contribution in [3.63, 3.8) is 0 Å². The van der Waals surface area contributed by atoms with Gasteiger partial charge in [0.2, 0.25) is 0 Å². The highest BCUT2D eigenvalue weighted by Gasteiger charge is 2.15. The van der Waals surface area contributed by atoms with Gasteiger partial charge in [-0.05, 0) is 19.9 Å². The molecule has 0 unspecified atom stereocenters. The van der Waals surface area contributed by atoms with Crippen molar-refractivity contribution in [3.8, 4) is 0 Å². The molecule has 0 atom stereocenters. The number of nitrogen functional groups attached to an aromatic ring is 1. The molecule has 16 heavy (non-hydrogen) atoms. The third-order valence-electron chi connectivity index (χ3n) is 1.79. The summed E-state index contributed by atoms with van der Waals surface area (Å²) in [5.41, 5.74) is 5.23. The van der Waals surface area contributed by atoms with E-state index in [2.05, 4.69) is 0 Å². The van der Waals surface area contributed by atoms with Crippen LogP contribution in [0.5, 0.6) is 0 Å². The number of aliphatic hydroxyl groups is 1. The molecule has 3 N–H and O–H groups in total. The van der Waals surface area contributed by atoms with Crippen molar-refractivity contribution in [3.05, 3.63) is 28.3 Å². The van der Waals surface area contributed by atoms with Gasteiger partial charge in [-0.25, -0.2) is 0 Å². The van der Waals surface area contributed by atoms with E-state index in [9.17, 15) is 15.2 Å². The lowest BCUT2D eigenvalue weighted by molar-refractivity contribution is -0.384. The lowest BCUT2D eigenvalue weighted by Gasteiger charge is -2.16. The van der Waals surface area contributed by atoms with Gasteiger partial charge in [-0.2, -0.15) is 0 Å². The summed E-state index contributed by atoms with van der Waals surface area (Å²) in [5, 5.41) is 20.0. The molecule has 0 aromatic heterocycles. The Labute approximate surface area is 97.8 Å². The van der Waals surface area contributed by atoms with Crippen LogP contribution < -0.4 is 5.73 Å². The van der Waals surface area contributed by atoms with Crippen LogP contribution in [0.1, 0.15) is 13.8 Å². The van der Waals surface area contributed by atoms with Crippen LogP contribution in [-0.2, 0) is 0 Å². The number of nitrogens with two attached hydrogens (primary N) is 1. The molecule has 0 radical (unpaired) electrons. The number of nitrogens with zero attached hydrogens (tertiary/aromatic N) is 1. The van der Waals surface area contributed by atoms with E-state index >= 15 is 0 Å². The van der Waals surface area contributed by atoms with Crippen molar-refractivity contribution in [2.75, 3.05) is 11.5 Å². The van der Waals surface area contributed by atoms with Gasteiger partial charge in [-0.3, -0.25) is 10.1 Å². The third-order valence-corrected chi connectivity index (χ3v) is 3.32. The van der Waals surface area contributed by atoms with E-state index in [0.29, 0.717) is 11.4 Å². The highest BCUT2D eigenvalue weighted by atomic mass is 32.2. The van der Waals surface area contributed by atoms with Crippen molar-refractivity contribution in [1.82, 2.24) is 0 Å². The maximum Gasteiger partial charge on any atom is 0.271 e. The lowest BCUT2D eigenvalue weighted by Crippen LogP contribution is -2.21. The van der Waals surface area contributed by atoms with Gasteiger partial charge in [0.15, 0.2) is 0 Å². The normalized spacial score (nSPS) is 11.4. The summed E-state index contributed by atoms with van der Waals surface area (Å²) < 4.78 is 0. The molecule has 0 amide bonds. The maximum absolute atomic E-state index is 10.5. The number of nitro groups is 1. The molecule has 0 saturated heterocycles. The molecule has 0 aliphatic rings. The highest BCUT2D eigenvalue weighted by molar-refractivity contribution is 7.99. The maximum atomic E-state index is 10.5. The molecule has 5 nitrogen and oxygen atoms in total. The highest BCUT2D eigenvalue weighted by Crippen LogP contribution is 2.30. The Balaban J connectivity index is 2.80. The second-order valence-electron chi connectivity index (χ2n) is 4.08. The number of hydrogen-bond acceptors (Lipinski definition) is 5. The van der Waals surface area contributed by atoms with E-state index in [4.69, 9.17) is 5.73 Å². The molecule has 0 saturated carbocycles. The van der Waals surface area contributed by atoms with Gasteiger partial charge < -0.3 is 10.8 Å². The van der Waals surface area contributed by atoms with Crippen molar-refractivity contribution in [1.29, 1.82) is 0 Å². The zero-order valence-electron chi connectivity index (χ0n) is 9.14. The summed E-state index contributed by atoms with van der Waals surface area (Å²) in [6.45, 7) is 3.39. The Kier molecular flexibility index (Phi) is 3.77. The summed E-state index contributed by atoms with van der Waals surface area (Å²) in [7, 11) is 0. The van der Waals surface area contributed by atoms with Crippen LogP contribution in [0.3, 0.4) is 0 Å². The molecule has 1 rings (SSSR count). The topological polar surface area (TPSA) is 89.4 Å². The summed E-state index contributed by atoms with van der Waals surface area (Å²) in [6.07, 6.45) is 0. The Morgan fingerprint density at radius 3 is 2.62 bits per heavy atom. The minimum absolute atomic E-state index is 0.0230. The molecule has 0 fully saturated rings. The van der Waals surface area contributed by atoms with Crippen LogP contribution in [0.15, 0.2) is 23.1 Å². The van der Waals surface area contributed by atoms with Crippen molar-refractivity contribution in [2.24, 2.45) is 0 Å². The van der Waals surface area contributed by atoms with Crippen LogP contribution >= 0.6 is 11.8 Å². The van der Waals surface area contributed by atoms with Gasteiger partial charge in [0, 0.05) is 22.8 Å². The van der Waals surface area contributed by atoms with Crippen molar-refractivity contribution in [2.45, 2.75) is 24.3 Å². The van der Waals surface area contributed by atoms with Crippen LogP contribution in [0.25, 0.3) is 0 Å². The first-order chi connectivity index (χ1) is 7.29. The molecular formula is C10H14N2O3S. The third kappa shape index (κ3) is 3.71. The SMILES string of the molecule is CC(C)(O)CSc1ccc([N+](=O)[O-])cc1N. The molecule has 88 valence electrons. The van der Waals surface area contributed by atoms with Gasteiger partial charge in [-0.1, -0.05) is 0 Å². The first kappa shape index (κ1) is 12.8.